The molecule has 1 fully saturated rings. The minimum Gasteiger partial charge on any atom is -0.508 e. The van der Waals surface area contributed by atoms with E-state index < -0.39 is 0 Å². The zero-order valence-electron chi connectivity index (χ0n) is 17.2. The van der Waals surface area contributed by atoms with Crippen LogP contribution in [0.1, 0.15) is 48.7 Å². The lowest BCUT2D eigenvalue weighted by Gasteiger charge is -2.60. The van der Waals surface area contributed by atoms with Crippen molar-refractivity contribution in [2.45, 2.75) is 45.1 Å². The van der Waals surface area contributed by atoms with Gasteiger partial charge < -0.3 is 19.5 Å². The van der Waals surface area contributed by atoms with Gasteiger partial charge in [0.05, 0.1) is 0 Å². The Balaban J connectivity index is 1.54. The minimum absolute atomic E-state index is 0.0148. The Hall–Kier alpha value is -2.69. The Kier molecular flexibility index (Phi) is 3.89. The molecule has 5 heteroatoms. The van der Waals surface area contributed by atoms with E-state index in [0.717, 1.165) is 12.0 Å². The highest BCUT2D eigenvalue weighted by atomic mass is 16.6. The molecule has 2 aromatic carbocycles. The third kappa shape index (κ3) is 2.49. The third-order valence-corrected chi connectivity index (χ3v) is 7.68. The molecular formula is C24H27NO4. The maximum atomic E-state index is 13.5. The molecule has 1 N–H and O–H groups in total. The summed E-state index contributed by atoms with van der Waals surface area (Å²) in [5, 5.41) is 10.5. The van der Waals surface area contributed by atoms with E-state index in [1.165, 1.54) is 5.56 Å². The summed E-state index contributed by atoms with van der Waals surface area (Å²) in [7, 11) is 0. The molecule has 2 aromatic rings. The Morgan fingerprint density at radius 3 is 2.66 bits per heavy atom. The number of amides is 1. The molecule has 2 heterocycles. The van der Waals surface area contributed by atoms with Gasteiger partial charge in [-0.15, -0.1) is 0 Å². The molecule has 1 aliphatic carbocycles. The van der Waals surface area contributed by atoms with Crippen LogP contribution in [0.15, 0.2) is 36.4 Å². The Morgan fingerprint density at radius 1 is 1.10 bits per heavy atom. The lowest BCUT2D eigenvalue weighted by molar-refractivity contribution is -0.0266. The summed E-state index contributed by atoms with van der Waals surface area (Å²) in [5.41, 5.74) is 2.63. The summed E-state index contributed by atoms with van der Waals surface area (Å²) in [5.74, 6) is 1.68. The van der Waals surface area contributed by atoms with Gasteiger partial charge in [-0.3, -0.25) is 4.79 Å². The monoisotopic (exact) mass is 393 g/mol. The van der Waals surface area contributed by atoms with Crippen LogP contribution in [0.3, 0.4) is 0 Å². The summed E-state index contributed by atoms with van der Waals surface area (Å²) in [4.78, 5) is 15.5. The number of ether oxygens (including phenoxy) is 2. The highest BCUT2D eigenvalue weighted by molar-refractivity contribution is 5.95. The molecule has 5 rings (SSSR count). The lowest BCUT2D eigenvalue weighted by Crippen LogP contribution is -2.64. The van der Waals surface area contributed by atoms with Crippen molar-refractivity contribution in [1.29, 1.82) is 0 Å². The van der Waals surface area contributed by atoms with Crippen LogP contribution in [0.5, 0.6) is 17.2 Å². The third-order valence-electron chi connectivity index (χ3n) is 7.68. The summed E-state index contributed by atoms with van der Waals surface area (Å²) >= 11 is 0. The fraction of sp³-hybridized carbons (Fsp3) is 0.458. The highest BCUT2D eigenvalue weighted by Gasteiger charge is 2.57. The maximum absolute atomic E-state index is 13.5. The number of carbonyl (C=O) groups excluding carboxylic acids is 1. The number of phenols is 1. The molecule has 3 aliphatic rings. The van der Waals surface area contributed by atoms with Gasteiger partial charge in [0.25, 0.3) is 5.91 Å². The molecule has 0 spiro atoms. The smallest absolute Gasteiger partial charge is 0.254 e. The second-order valence-corrected chi connectivity index (χ2v) is 9.18. The summed E-state index contributed by atoms with van der Waals surface area (Å²) in [6, 6.07) is 11.3. The van der Waals surface area contributed by atoms with Crippen LogP contribution in [0, 0.1) is 5.41 Å². The van der Waals surface area contributed by atoms with Gasteiger partial charge in [0, 0.05) is 23.6 Å². The van der Waals surface area contributed by atoms with E-state index in [9.17, 15) is 9.90 Å². The molecule has 2 atom stereocenters. The van der Waals surface area contributed by atoms with Crippen LogP contribution in [0.4, 0.5) is 0 Å². The maximum Gasteiger partial charge on any atom is 0.254 e. The SMILES string of the molecule is CC12CCN(C(=O)c3ccc4c(c3)OCCO4)[C@H](Cc3c(O)cccc31)C2(C)C. The number of nitrogens with zero attached hydrogens (tertiary/aromatic N) is 1. The lowest BCUT2D eigenvalue weighted by atomic mass is 9.51. The molecule has 0 aromatic heterocycles. The summed E-state index contributed by atoms with van der Waals surface area (Å²) < 4.78 is 11.3. The number of carbonyl (C=O) groups is 1. The highest BCUT2D eigenvalue weighted by Crippen LogP contribution is 2.57. The van der Waals surface area contributed by atoms with E-state index in [1.807, 2.05) is 23.1 Å². The van der Waals surface area contributed by atoms with Crippen molar-refractivity contribution in [3.8, 4) is 17.2 Å². The van der Waals surface area contributed by atoms with Gasteiger partial charge in [0.2, 0.25) is 0 Å². The topological polar surface area (TPSA) is 59.0 Å². The number of aromatic hydroxyl groups is 1. The first-order valence-corrected chi connectivity index (χ1v) is 10.3. The molecule has 0 radical (unpaired) electrons. The number of piperidine rings is 1. The van der Waals surface area contributed by atoms with E-state index in [4.69, 9.17) is 9.47 Å². The molecule has 2 bridgehead atoms. The predicted octanol–water partition coefficient (Wildman–Crippen LogP) is 3.92. The molecular weight excluding hydrogens is 366 g/mol. The van der Waals surface area contributed by atoms with Crippen LogP contribution in [-0.2, 0) is 11.8 Å². The second kappa shape index (κ2) is 6.15. The van der Waals surface area contributed by atoms with Gasteiger partial charge in [-0.05, 0) is 53.6 Å². The molecule has 1 amide bonds. The Bertz CT molecular complexity index is 998. The number of fused-ring (bicyclic) bond motifs is 5. The first-order valence-electron chi connectivity index (χ1n) is 10.3. The van der Waals surface area contributed by atoms with Crippen molar-refractivity contribution in [2.24, 2.45) is 5.41 Å². The Morgan fingerprint density at radius 2 is 1.86 bits per heavy atom. The molecule has 2 aliphatic heterocycles. The normalized spacial score (nSPS) is 26.6. The number of hydrogen-bond donors (Lipinski definition) is 1. The number of phenolic OH excluding ortho intramolecular Hbond substituents is 1. The van der Waals surface area contributed by atoms with Crippen molar-refractivity contribution < 1.29 is 19.4 Å². The van der Waals surface area contributed by atoms with Gasteiger partial charge in [0.1, 0.15) is 19.0 Å². The van der Waals surface area contributed by atoms with Gasteiger partial charge in [-0.25, -0.2) is 0 Å². The average molecular weight is 393 g/mol. The Labute approximate surface area is 171 Å². The van der Waals surface area contributed by atoms with Crippen LogP contribution in [0.2, 0.25) is 0 Å². The van der Waals surface area contributed by atoms with Crippen LogP contribution in [-0.4, -0.2) is 41.7 Å². The number of likely N-dealkylation sites (tertiary alicyclic amines) is 1. The van der Waals surface area contributed by atoms with E-state index >= 15 is 0 Å². The molecule has 29 heavy (non-hydrogen) atoms. The molecule has 5 nitrogen and oxygen atoms in total. The number of hydrogen-bond acceptors (Lipinski definition) is 4. The van der Waals surface area contributed by atoms with Gasteiger partial charge in [-0.2, -0.15) is 0 Å². The van der Waals surface area contributed by atoms with E-state index in [2.05, 4.69) is 26.8 Å². The van der Waals surface area contributed by atoms with Crippen LogP contribution in [0.25, 0.3) is 0 Å². The van der Waals surface area contributed by atoms with Gasteiger partial charge in [0.15, 0.2) is 11.5 Å². The summed E-state index contributed by atoms with van der Waals surface area (Å²) in [6.45, 7) is 8.53. The predicted molar refractivity (Wildman–Crippen MR) is 110 cm³/mol. The molecule has 1 unspecified atom stereocenters. The van der Waals surface area contributed by atoms with Gasteiger partial charge in [-0.1, -0.05) is 32.9 Å². The largest absolute Gasteiger partial charge is 0.508 e. The van der Waals surface area contributed by atoms with Crippen molar-refractivity contribution >= 4 is 5.91 Å². The van der Waals surface area contributed by atoms with Crippen molar-refractivity contribution in [3.05, 3.63) is 53.1 Å². The average Bonchev–Trinajstić information content (AvgIpc) is 2.70. The standard InChI is InChI=1S/C24H27NO4/c1-23(2)21-14-16-17(5-4-6-18(16)26)24(23,3)9-10-25(21)22(27)15-7-8-19-20(13-15)29-12-11-28-19/h4-8,13,21,26H,9-12,14H2,1-3H3/t21-,24?/m1/s1. The van der Waals surface area contributed by atoms with Crippen LogP contribution < -0.4 is 9.47 Å². The fourth-order valence-corrected chi connectivity index (χ4v) is 5.51. The van der Waals surface area contributed by atoms with Gasteiger partial charge >= 0.3 is 0 Å². The van der Waals surface area contributed by atoms with E-state index in [0.29, 0.717) is 49.0 Å². The van der Waals surface area contributed by atoms with Crippen molar-refractivity contribution in [1.82, 2.24) is 4.90 Å². The van der Waals surface area contributed by atoms with E-state index in [1.54, 1.807) is 12.1 Å². The van der Waals surface area contributed by atoms with E-state index in [-0.39, 0.29) is 22.8 Å². The molecule has 0 saturated carbocycles. The second-order valence-electron chi connectivity index (χ2n) is 9.18. The first kappa shape index (κ1) is 18.3. The minimum atomic E-state index is -0.116. The zero-order chi connectivity index (χ0) is 20.4. The molecule has 152 valence electrons. The van der Waals surface area contributed by atoms with Crippen molar-refractivity contribution in [3.63, 3.8) is 0 Å². The first-order chi connectivity index (χ1) is 13.8. The fourth-order valence-electron chi connectivity index (χ4n) is 5.51. The zero-order valence-corrected chi connectivity index (χ0v) is 17.2. The number of rotatable bonds is 1. The quantitative estimate of drug-likeness (QED) is 0.798. The molecule has 1 saturated heterocycles. The summed E-state index contributed by atoms with van der Waals surface area (Å²) in [6.07, 6.45) is 1.53. The van der Waals surface area contributed by atoms with Crippen molar-refractivity contribution in [2.75, 3.05) is 19.8 Å². The number of benzene rings is 2. The van der Waals surface area contributed by atoms with Crippen LogP contribution >= 0.6 is 0 Å².